The van der Waals surface area contributed by atoms with Crippen LogP contribution in [0.1, 0.15) is 18.9 Å². The third-order valence-corrected chi connectivity index (χ3v) is 3.22. The summed E-state index contributed by atoms with van der Waals surface area (Å²) in [6.45, 7) is 2.05. The number of amides is 3. The van der Waals surface area contributed by atoms with E-state index in [2.05, 4.69) is 31.1 Å². The van der Waals surface area contributed by atoms with Crippen LogP contribution < -0.4 is 20.8 Å². The van der Waals surface area contributed by atoms with Gasteiger partial charge in [0.05, 0.1) is 19.7 Å². The summed E-state index contributed by atoms with van der Waals surface area (Å²) in [5, 5.41) is 9.12. The van der Waals surface area contributed by atoms with Gasteiger partial charge in [-0.3, -0.25) is 15.1 Å². The van der Waals surface area contributed by atoms with E-state index in [-0.39, 0.29) is 12.3 Å². The van der Waals surface area contributed by atoms with Crippen molar-refractivity contribution in [3.63, 3.8) is 0 Å². The van der Waals surface area contributed by atoms with Gasteiger partial charge in [0.2, 0.25) is 5.91 Å². The molecule has 0 radical (unpaired) electrons. The van der Waals surface area contributed by atoms with E-state index >= 15 is 0 Å². The molecule has 0 aliphatic rings. The van der Waals surface area contributed by atoms with Gasteiger partial charge >= 0.3 is 6.03 Å². The number of hydrogen-bond donors (Lipinski definition) is 3. The van der Waals surface area contributed by atoms with Gasteiger partial charge in [0.1, 0.15) is 5.75 Å². The minimum absolute atomic E-state index is 0.0710. The highest BCUT2D eigenvalue weighted by Crippen LogP contribution is 2.10. The first-order valence-corrected chi connectivity index (χ1v) is 7.82. The molecule has 3 N–H and O–H groups in total. The fourth-order valence-electron chi connectivity index (χ4n) is 1.93. The number of aromatic nitrogens is 2. The molecule has 2 aromatic rings. The van der Waals surface area contributed by atoms with Crippen LogP contribution in [-0.2, 0) is 11.3 Å². The van der Waals surface area contributed by atoms with E-state index in [0.717, 1.165) is 11.3 Å². The van der Waals surface area contributed by atoms with Gasteiger partial charge in [-0.15, -0.1) is 0 Å². The van der Waals surface area contributed by atoms with E-state index in [1.54, 1.807) is 14.0 Å². The first-order valence-electron chi connectivity index (χ1n) is 7.82. The maximum absolute atomic E-state index is 11.9. The number of ether oxygens (including phenoxy) is 1. The lowest BCUT2D eigenvalue weighted by atomic mass is 10.2. The van der Waals surface area contributed by atoms with Crippen molar-refractivity contribution in [2.45, 2.75) is 19.9 Å². The van der Waals surface area contributed by atoms with Gasteiger partial charge in [0, 0.05) is 24.7 Å². The molecular weight excluding hydrogens is 336 g/mol. The summed E-state index contributed by atoms with van der Waals surface area (Å²) in [4.78, 5) is 31.3. The smallest absolute Gasteiger partial charge is 0.340 e. The second-order valence-electron chi connectivity index (χ2n) is 5.31. The van der Waals surface area contributed by atoms with Crippen LogP contribution in [0.15, 0.2) is 48.0 Å². The molecule has 136 valence electrons. The molecule has 0 saturated carbocycles. The number of benzene rings is 1. The number of anilines is 1. The largest absolute Gasteiger partial charge is 0.497 e. The topological polar surface area (TPSA) is 118 Å². The Hall–Kier alpha value is -3.49. The number of rotatable bonds is 7. The van der Waals surface area contributed by atoms with Crippen LogP contribution >= 0.6 is 0 Å². The summed E-state index contributed by atoms with van der Waals surface area (Å²) in [5.74, 6) is 0.863. The first-order chi connectivity index (χ1) is 12.6. The molecule has 0 fully saturated rings. The molecule has 0 unspecified atom stereocenters. The zero-order valence-electron chi connectivity index (χ0n) is 14.5. The van der Waals surface area contributed by atoms with Crippen molar-refractivity contribution in [2.24, 2.45) is 5.10 Å². The molecule has 2 rings (SSSR count). The number of nitrogens with one attached hydrogen (secondary N) is 3. The van der Waals surface area contributed by atoms with E-state index in [1.165, 1.54) is 18.6 Å². The molecule has 0 saturated heterocycles. The Morgan fingerprint density at radius 1 is 1.19 bits per heavy atom. The van der Waals surface area contributed by atoms with Crippen molar-refractivity contribution in [3.05, 3.63) is 48.4 Å². The van der Waals surface area contributed by atoms with Crippen molar-refractivity contribution in [2.75, 3.05) is 12.4 Å². The molecule has 9 nitrogen and oxygen atoms in total. The van der Waals surface area contributed by atoms with Crippen molar-refractivity contribution in [1.29, 1.82) is 0 Å². The Morgan fingerprint density at radius 3 is 2.62 bits per heavy atom. The summed E-state index contributed by atoms with van der Waals surface area (Å²) in [7, 11) is 1.60. The van der Waals surface area contributed by atoms with Crippen molar-refractivity contribution < 1.29 is 14.3 Å². The Labute approximate surface area is 150 Å². The highest BCUT2D eigenvalue weighted by molar-refractivity contribution is 6.00. The lowest BCUT2D eigenvalue weighted by Gasteiger charge is -2.07. The summed E-state index contributed by atoms with van der Waals surface area (Å²) in [6, 6.07) is 6.84. The minimum Gasteiger partial charge on any atom is -0.497 e. The molecule has 1 aromatic carbocycles. The maximum Gasteiger partial charge on any atom is 0.340 e. The molecule has 0 aliphatic carbocycles. The van der Waals surface area contributed by atoms with Gasteiger partial charge in [-0.25, -0.2) is 15.2 Å². The van der Waals surface area contributed by atoms with E-state index in [9.17, 15) is 9.59 Å². The van der Waals surface area contributed by atoms with Gasteiger partial charge in [-0.1, -0.05) is 12.1 Å². The Morgan fingerprint density at radius 2 is 1.96 bits per heavy atom. The van der Waals surface area contributed by atoms with Crippen LogP contribution in [0, 0.1) is 0 Å². The Balaban J connectivity index is 1.73. The number of carbonyl (C=O) groups is 2. The van der Waals surface area contributed by atoms with Crippen LogP contribution in [0.25, 0.3) is 0 Å². The fraction of sp³-hybridized carbons (Fsp3) is 0.235. The van der Waals surface area contributed by atoms with Gasteiger partial charge in [0.15, 0.2) is 5.82 Å². The average Bonchev–Trinajstić information content (AvgIpc) is 2.66. The fourth-order valence-corrected chi connectivity index (χ4v) is 1.93. The minimum atomic E-state index is -0.566. The highest BCUT2D eigenvalue weighted by Gasteiger charge is 2.06. The number of nitrogens with zero attached hydrogens (tertiary/aromatic N) is 3. The van der Waals surface area contributed by atoms with E-state index in [4.69, 9.17) is 4.74 Å². The third-order valence-electron chi connectivity index (χ3n) is 3.22. The van der Waals surface area contributed by atoms with Crippen LogP contribution in [-0.4, -0.2) is 34.7 Å². The lowest BCUT2D eigenvalue weighted by molar-refractivity contribution is -0.120. The van der Waals surface area contributed by atoms with Gasteiger partial charge in [0.25, 0.3) is 0 Å². The second kappa shape index (κ2) is 9.72. The molecule has 1 aromatic heterocycles. The van der Waals surface area contributed by atoms with Crippen molar-refractivity contribution in [3.8, 4) is 5.75 Å². The van der Waals surface area contributed by atoms with Crippen LogP contribution in [0.2, 0.25) is 0 Å². The molecule has 0 aliphatic heterocycles. The van der Waals surface area contributed by atoms with E-state index < -0.39 is 6.03 Å². The predicted octanol–water partition coefficient (Wildman–Crippen LogP) is 1.69. The summed E-state index contributed by atoms with van der Waals surface area (Å²) < 4.78 is 5.08. The number of methoxy groups -OCH3 is 1. The van der Waals surface area contributed by atoms with Crippen molar-refractivity contribution >= 4 is 23.5 Å². The monoisotopic (exact) mass is 356 g/mol. The standard InChI is InChI=1S/C17H20N6O3/c1-12(22-23-17(25)21-15-11-18-7-8-19-15)9-16(24)20-10-13-3-5-14(26-2)6-4-13/h3-8,11H,9-10H2,1-2H3,(H,20,24)(H2,19,21,23,25). The van der Waals surface area contributed by atoms with E-state index in [1.807, 2.05) is 24.3 Å². The zero-order chi connectivity index (χ0) is 18.8. The SMILES string of the molecule is COc1ccc(CNC(=O)CC(C)=NNC(=O)Nc2cnccn2)cc1. The van der Waals surface area contributed by atoms with Gasteiger partial charge in [-0.05, 0) is 24.6 Å². The van der Waals surface area contributed by atoms with E-state index in [0.29, 0.717) is 18.1 Å². The predicted molar refractivity (Wildman–Crippen MR) is 96.8 cm³/mol. The van der Waals surface area contributed by atoms with Crippen LogP contribution in [0.3, 0.4) is 0 Å². The van der Waals surface area contributed by atoms with Crippen LogP contribution in [0.4, 0.5) is 10.6 Å². The number of hydrazone groups is 1. The number of urea groups is 1. The highest BCUT2D eigenvalue weighted by atomic mass is 16.5. The average molecular weight is 356 g/mol. The Bertz CT molecular complexity index is 762. The Kier molecular flexibility index (Phi) is 7.04. The molecular formula is C17H20N6O3. The third kappa shape index (κ3) is 6.56. The molecule has 0 atom stereocenters. The normalized spacial score (nSPS) is 10.8. The molecule has 0 spiro atoms. The zero-order valence-corrected chi connectivity index (χ0v) is 14.5. The van der Waals surface area contributed by atoms with Gasteiger partial charge < -0.3 is 10.1 Å². The summed E-state index contributed by atoms with van der Waals surface area (Å²) in [6.07, 6.45) is 4.43. The summed E-state index contributed by atoms with van der Waals surface area (Å²) >= 11 is 0. The number of hydrogen-bond acceptors (Lipinski definition) is 6. The quantitative estimate of drug-likeness (QED) is 0.515. The maximum atomic E-state index is 11.9. The van der Waals surface area contributed by atoms with Crippen LogP contribution in [0.5, 0.6) is 5.75 Å². The first kappa shape index (κ1) is 18.8. The number of carbonyl (C=O) groups excluding carboxylic acids is 2. The molecule has 1 heterocycles. The summed E-state index contributed by atoms with van der Waals surface area (Å²) in [5.41, 5.74) is 3.72. The molecule has 3 amide bonds. The molecule has 0 bridgehead atoms. The molecule has 9 heteroatoms. The lowest BCUT2D eigenvalue weighted by Crippen LogP contribution is -2.28. The van der Waals surface area contributed by atoms with Gasteiger partial charge in [-0.2, -0.15) is 5.10 Å². The second-order valence-corrected chi connectivity index (χ2v) is 5.31. The molecule has 26 heavy (non-hydrogen) atoms. The van der Waals surface area contributed by atoms with Crippen molar-refractivity contribution in [1.82, 2.24) is 20.7 Å².